The molecule has 0 spiro atoms. The number of pyridine rings is 2. The van der Waals surface area contributed by atoms with Gasteiger partial charge >= 0.3 is 5.97 Å². The van der Waals surface area contributed by atoms with Crippen LogP contribution in [-0.4, -0.2) is 28.2 Å². The fourth-order valence-electron chi connectivity index (χ4n) is 1.57. The summed E-state index contributed by atoms with van der Waals surface area (Å²) in [5.74, 6) is -0.728. The van der Waals surface area contributed by atoms with E-state index in [1.807, 2.05) is 0 Å². The maximum Gasteiger partial charge on any atom is 0.336 e. The van der Waals surface area contributed by atoms with Gasteiger partial charge in [-0.15, -0.1) is 0 Å². The molecule has 1 N–H and O–H groups in total. The highest BCUT2D eigenvalue weighted by Crippen LogP contribution is 2.30. The molecule has 0 aliphatic heterocycles. The van der Waals surface area contributed by atoms with E-state index in [0.29, 0.717) is 11.1 Å². The molecule has 0 radical (unpaired) electrons. The van der Waals surface area contributed by atoms with Crippen molar-refractivity contribution in [3.63, 3.8) is 0 Å². The van der Waals surface area contributed by atoms with Crippen LogP contribution in [-0.2, 0) is 0 Å². The van der Waals surface area contributed by atoms with Gasteiger partial charge in [-0.3, -0.25) is 4.98 Å². The molecule has 86 valence electrons. The van der Waals surface area contributed by atoms with Crippen LogP contribution in [0.1, 0.15) is 10.4 Å². The maximum atomic E-state index is 11.2. The summed E-state index contributed by atoms with van der Waals surface area (Å²) in [5.41, 5.74) is 1.33. The summed E-state index contributed by atoms with van der Waals surface area (Å²) < 4.78 is 5.10. The highest BCUT2D eigenvalue weighted by molar-refractivity contribution is 5.97. The van der Waals surface area contributed by atoms with Crippen LogP contribution in [0.3, 0.4) is 0 Å². The third-order valence-electron chi connectivity index (χ3n) is 2.31. The normalized spacial score (nSPS) is 9.94. The molecule has 0 aromatic carbocycles. The Morgan fingerprint density at radius 2 is 1.94 bits per heavy atom. The number of rotatable bonds is 3. The molecule has 0 aliphatic rings. The van der Waals surface area contributed by atoms with Gasteiger partial charge in [0.05, 0.1) is 18.2 Å². The first-order valence-corrected chi connectivity index (χ1v) is 4.90. The van der Waals surface area contributed by atoms with Crippen LogP contribution in [0.15, 0.2) is 36.8 Å². The largest absolute Gasteiger partial charge is 0.481 e. The molecule has 0 atom stereocenters. The minimum absolute atomic E-state index is 0.156. The van der Waals surface area contributed by atoms with Gasteiger partial charge in [-0.1, -0.05) is 0 Å². The number of hydrogen-bond donors (Lipinski definition) is 1. The Kier molecular flexibility index (Phi) is 3.00. The van der Waals surface area contributed by atoms with Crippen LogP contribution in [0.25, 0.3) is 11.1 Å². The fraction of sp³-hybridized carbons (Fsp3) is 0.0833. The third-order valence-corrected chi connectivity index (χ3v) is 2.31. The van der Waals surface area contributed by atoms with E-state index in [1.54, 1.807) is 24.5 Å². The Bertz CT molecular complexity index is 541. The Labute approximate surface area is 97.7 Å². The quantitative estimate of drug-likeness (QED) is 0.871. The summed E-state index contributed by atoms with van der Waals surface area (Å²) in [7, 11) is 1.46. The van der Waals surface area contributed by atoms with Crippen molar-refractivity contribution in [1.82, 2.24) is 9.97 Å². The maximum absolute atomic E-state index is 11.2. The van der Waals surface area contributed by atoms with E-state index in [1.165, 1.54) is 19.4 Å². The number of aromatic carboxylic acids is 1. The Hall–Kier alpha value is -2.43. The number of carboxylic acid groups (broad SMARTS) is 1. The lowest BCUT2D eigenvalue weighted by Gasteiger charge is -2.09. The summed E-state index contributed by atoms with van der Waals surface area (Å²) in [4.78, 5) is 19.1. The number of carboxylic acids is 1. The first-order valence-electron chi connectivity index (χ1n) is 4.90. The molecule has 0 bridgehead atoms. The van der Waals surface area contributed by atoms with Crippen LogP contribution < -0.4 is 4.74 Å². The zero-order chi connectivity index (χ0) is 12.3. The highest BCUT2D eigenvalue weighted by Gasteiger charge is 2.17. The Balaban J connectivity index is 2.69. The summed E-state index contributed by atoms with van der Waals surface area (Å²) in [6.07, 6.45) is 4.59. The van der Waals surface area contributed by atoms with Crippen molar-refractivity contribution in [1.29, 1.82) is 0 Å². The molecule has 5 heteroatoms. The monoisotopic (exact) mass is 230 g/mol. The van der Waals surface area contributed by atoms with Crippen LogP contribution >= 0.6 is 0 Å². The minimum Gasteiger partial charge on any atom is -0.481 e. The van der Waals surface area contributed by atoms with Gasteiger partial charge in [0.2, 0.25) is 5.88 Å². The molecule has 2 aromatic heterocycles. The number of hydrogen-bond acceptors (Lipinski definition) is 4. The molecule has 0 saturated heterocycles. The predicted molar refractivity (Wildman–Crippen MR) is 61.0 cm³/mol. The number of ether oxygens (including phenoxy) is 1. The second-order valence-electron chi connectivity index (χ2n) is 3.28. The lowest BCUT2D eigenvalue weighted by atomic mass is 10.0. The second kappa shape index (κ2) is 4.61. The Morgan fingerprint density at radius 3 is 2.53 bits per heavy atom. The fourth-order valence-corrected chi connectivity index (χ4v) is 1.57. The predicted octanol–water partition coefficient (Wildman–Crippen LogP) is 1.85. The molecule has 17 heavy (non-hydrogen) atoms. The van der Waals surface area contributed by atoms with E-state index in [4.69, 9.17) is 9.84 Å². The van der Waals surface area contributed by atoms with Gasteiger partial charge in [0.15, 0.2) is 0 Å². The van der Waals surface area contributed by atoms with E-state index in [-0.39, 0.29) is 11.4 Å². The van der Waals surface area contributed by atoms with Crippen LogP contribution in [0.5, 0.6) is 5.88 Å². The van der Waals surface area contributed by atoms with Crippen LogP contribution in [0.2, 0.25) is 0 Å². The standard InChI is InChI=1S/C12H10N2O3/c1-17-11-10(8-2-5-13-6-3-8)9(12(15)16)4-7-14-11/h2-7H,1H3,(H,15,16). The number of carbonyl (C=O) groups is 1. The molecule has 2 heterocycles. The minimum atomic E-state index is -1.02. The molecule has 0 saturated carbocycles. The second-order valence-corrected chi connectivity index (χ2v) is 3.28. The molecule has 0 fully saturated rings. The van der Waals surface area contributed by atoms with Crippen molar-refractivity contribution in [2.24, 2.45) is 0 Å². The first-order chi connectivity index (χ1) is 8.24. The van der Waals surface area contributed by atoms with Gasteiger partial charge in [-0.2, -0.15) is 0 Å². The van der Waals surface area contributed by atoms with E-state index in [0.717, 1.165) is 0 Å². The van der Waals surface area contributed by atoms with Gasteiger partial charge < -0.3 is 9.84 Å². The molecule has 0 unspecified atom stereocenters. The van der Waals surface area contributed by atoms with Crippen molar-refractivity contribution >= 4 is 5.97 Å². The first kappa shape index (κ1) is 11.1. The summed E-state index contributed by atoms with van der Waals surface area (Å²) in [5, 5.41) is 9.15. The molecular weight excluding hydrogens is 220 g/mol. The highest BCUT2D eigenvalue weighted by atomic mass is 16.5. The molecule has 0 aliphatic carbocycles. The molecule has 0 amide bonds. The summed E-state index contributed by atoms with van der Waals surface area (Å²) in [6, 6.07) is 4.87. The third kappa shape index (κ3) is 2.08. The number of methoxy groups -OCH3 is 1. The zero-order valence-electron chi connectivity index (χ0n) is 9.12. The molecule has 5 nitrogen and oxygen atoms in total. The Morgan fingerprint density at radius 1 is 1.24 bits per heavy atom. The SMILES string of the molecule is COc1nccc(C(=O)O)c1-c1ccncc1. The average Bonchev–Trinajstić information content (AvgIpc) is 2.38. The topological polar surface area (TPSA) is 72.3 Å². The van der Waals surface area contributed by atoms with E-state index < -0.39 is 5.97 Å². The van der Waals surface area contributed by atoms with Crippen molar-refractivity contribution in [2.75, 3.05) is 7.11 Å². The van der Waals surface area contributed by atoms with Crippen molar-refractivity contribution < 1.29 is 14.6 Å². The van der Waals surface area contributed by atoms with Gasteiger partial charge in [0, 0.05) is 18.6 Å². The lowest BCUT2D eigenvalue weighted by Crippen LogP contribution is -2.03. The van der Waals surface area contributed by atoms with E-state index in [9.17, 15) is 4.79 Å². The van der Waals surface area contributed by atoms with Crippen molar-refractivity contribution in [3.8, 4) is 17.0 Å². The van der Waals surface area contributed by atoms with Gasteiger partial charge in [0.25, 0.3) is 0 Å². The number of aromatic nitrogens is 2. The van der Waals surface area contributed by atoms with Crippen molar-refractivity contribution in [2.45, 2.75) is 0 Å². The van der Waals surface area contributed by atoms with Gasteiger partial charge in [0.1, 0.15) is 0 Å². The number of nitrogens with zero attached hydrogens (tertiary/aromatic N) is 2. The molecule has 2 rings (SSSR count). The smallest absolute Gasteiger partial charge is 0.336 e. The lowest BCUT2D eigenvalue weighted by molar-refractivity contribution is 0.0697. The zero-order valence-corrected chi connectivity index (χ0v) is 9.12. The van der Waals surface area contributed by atoms with Gasteiger partial charge in [-0.25, -0.2) is 9.78 Å². The van der Waals surface area contributed by atoms with Crippen LogP contribution in [0.4, 0.5) is 0 Å². The molecular formula is C12H10N2O3. The molecule has 2 aromatic rings. The van der Waals surface area contributed by atoms with E-state index in [2.05, 4.69) is 9.97 Å². The van der Waals surface area contributed by atoms with Crippen molar-refractivity contribution in [3.05, 3.63) is 42.4 Å². The van der Waals surface area contributed by atoms with Gasteiger partial charge in [-0.05, 0) is 23.8 Å². The average molecular weight is 230 g/mol. The summed E-state index contributed by atoms with van der Waals surface area (Å²) >= 11 is 0. The summed E-state index contributed by atoms with van der Waals surface area (Å²) in [6.45, 7) is 0. The van der Waals surface area contributed by atoms with E-state index >= 15 is 0 Å². The van der Waals surface area contributed by atoms with Crippen LogP contribution in [0, 0.1) is 0 Å².